The van der Waals surface area contributed by atoms with Crippen molar-refractivity contribution in [1.82, 2.24) is 10.1 Å². The van der Waals surface area contributed by atoms with E-state index in [1.54, 1.807) is 0 Å². The Morgan fingerprint density at radius 2 is 2.00 bits per heavy atom. The number of aryl methyl sites for hydroxylation is 1. The molecule has 1 aromatic heterocycles. The SMILES string of the molecule is CCC(O)C(C)c1nc(CCC(C)C)no1. The molecule has 2 unspecified atom stereocenters. The smallest absolute Gasteiger partial charge is 0.232 e. The fourth-order valence-electron chi connectivity index (χ4n) is 1.49. The average Bonchev–Trinajstić information content (AvgIpc) is 2.72. The molecule has 0 spiro atoms. The second-order valence-electron chi connectivity index (χ2n) is 4.75. The Kier molecular flexibility index (Phi) is 4.93. The van der Waals surface area contributed by atoms with Gasteiger partial charge in [-0.2, -0.15) is 4.98 Å². The molecule has 0 saturated heterocycles. The molecule has 92 valence electrons. The normalized spacial score (nSPS) is 15.4. The van der Waals surface area contributed by atoms with Crippen molar-refractivity contribution >= 4 is 0 Å². The standard InChI is InChI=1S/C12H22N2O2/c1-5-10(15)9(4)12-13-11(14-16-12)7-6-8(2)3/h8-10,15H,5-7H2,1-4H3. The van der Waals surface area contributed by atoms with E-state index in [2.05, 4.69) is 24.0 Å². The maximum atomic E-state index is 9.68. The number of rotatable bonds is 6. The molecule has 0 aliphatic heterocycles. The molecule has 2 atom stereocenters. The van der Waals surface area contributed by atoms with Gasteiger partial charge >= 0.3 is 0 Å². The molecule has 0 bridgehead atoms. The predicted octanol–water partition coefficient (Wildman–Crippen LogP) is 2.53. The van der Waals surface area contributed by atoms with E-state index in [1.807, 2.05) is 13.8 Å². The monoisotopic (exact) mass is 226 g/mol. The number of nitrogens with zero attached hydrogens (tertiary/aromatic N) is 2. The van der Waals surface area contributed by atoms with Crippen LogP contribution in [0.2, 0.25) is 0 Å². The minimum absolute atomic E-state index is 0.0784. The number of aliphatic hydroxyl groups is 1. The first-order chi connectivity index (χ1) is 7.54. The number of aliphatic hydroxyl groups excluding tert-OH is 1. The lowest BCUT2D eigenvalue weighted by Crippen LogP contribution is -2.14. The molecule has 0 fully saturated rings. The molecule has 1 heterocycles. The molecule has 1 rings (SSSR count). The van der Waals surface area contributed by atoms with E-state index >= 15 is 0 Å². The van der Waals surface area contributed by atoms with Crippen LogP contribution in [0.1, 0.15) is 58.2 Å². The van der Waals surface area contributed by atoms with E-state index in [1.165, 1.54) is 0 Å². The molecule has 0 saturated carbocycles. The Labute approximate surface area is 97.1 Å². The Morgan fingerprint density at radius 3 is 2.56 bits per heavy atom. The summed E-state index contributed by atoms with van der Waals surface area (Å²) in [7, 11) is 0. The lowest BCUT2D eigenvalue weighted by Gasteiger charge is -2.11. The Morgan fingerprint density at radius 1 is 1.31 bits per heavy atom. The van der Waals surface area contributed by atoms with Gasteiger partial charge in [-0.3, -0.25) is 0 Å². The van der Waals surface area contributed by atoms with Crippen molar-refractivity contribution in [1.29, 1.82) is 0 Å². The van der Waals surface area contributed by atoms with Crippen LogP contribution >= 0.6 is 0 Å². The second-order valence-corrected chi connectivity index (χ2v) is 4.75. The van der Waals surface area contributed by atoms with Crippen LogP contribution in [-0.4, -0.2) is 21.4 Å². The highest BCUT2D eigenvalue weighted by molar-refractivity contribution is 4.95. The topological polar surface area (TPSA) is 59.2 Å². The Hall–Kier alpha value is -0.900. The van der Waals surface area contributed by atoms with Crippen LogP contribution < -0.4 is 0 Å². The molecule has 0 aliphatic carbocycles. The number of hydrogen-bond donors (Lipinski definition) is 1. The summed E-state index contributed by atoms with van der Waals surface area (Å²) in [5.41, 5.74) is 0. The average molecular weight is 226 g/mol. The molecule has 4 nitrogen and oxygen atoms in total. The second kappa shape index (κ2) is 5.99. The fraction of sp³-hybridized carbons (Fsp3) is 0.833. The summed E-state index contributed by atoms with van der Waals surface area (Å²) >= 11 is 0. The van der Waals surface area contributed by atoms with Crippen molar-refractivity contribution in [3.8, 4) is 0 Å². The zero-order valence-electron chi connectivity index (χ0n) is 10.6. The quantitative estimate of drug-likeness (QED) is 0.809. The molecule has 4 heteroatoms. The van der Waals surface area contributed by atoms with Crippen molar-refractivity contribution in [2.45, 2.75) is 59.0 Å². The molecule has 1 aromatic rings. The zero-order chi connectivity index (χ0) is 12.1. The fourth-order valence-corrected chi connectivity index (χ4v) is 1.49. The van der Waals surface area contributed by atoms with E-state index < -0.39 is 6.10 Å². The maximum Gasteiger partial charge on any atom is 0.232 e. The van der Waals surface area contributed by atoms with Gasteiger partial charge in [0.1, 0.15) is 0 Å². The van der Waals surface area contributed by atoms with E-state index in [-0.39, 0.29) is 5.92 Å². The summed E-state index contributed by atoms with van der Waals surface area (Å²) in [4.78, 5) is 4.31. The van der Waals surface area contributed by atoms with Crippen LogP contribution in [-0.2, 0) is 6.42 Å². The molecule has 16 heavy (non-hydrogen) atoms. The lowest BCUT2D eigenvalue weighted by molar-refractivity contribution is 0.129. The summed E-state index contributed by atoms with van der Waals surface area (Å²) < 4.78 is 5.16. The third-order valence-corrected chi connectivity index (χ3v) is 2.81. The van der Waals surface area contributed by atoms with Crippen LogP contribution in [0.25, 0.3) is 0 Å². The van der Waals surface area contributed by atoms with Crippen LogP contribution in [0.3, 0.4) is 0 Å². The van der Waals surface area contributed by atoms with Gasteiger partial charge in [0.15, 0.2) is 5.82 Å². The summed E-state index contributed by atoms with van der Waals surface area (Å²) in [6.07, 6.45) is 2.20. The minimum Gasteiger partial charge on any atom is -0.392 e. The predicted molar refractivity (Wildman–Crippen MR) is 62.2 cm³/mol. The van der Waals surface area contributed by atoms with Crippen LogP contribution in [0.5, 0.6) is 0 Å². The summed E-state index contributed by atoms with van der Waals surface area (Å²) in [5, 5.41) is 13.6. The third-order valence-electron chi connectivity index (χ3n) is 2.81. The summed E-state index contributed by atoms with van der Waals surface area (Å²) in [6.45, 7) is 8.19. The van der Waals surface area contributed by atoms with Crippen molar-refractivity contribution in [2.24, 2.45) is 5.92 Å². The largest absolute Gasteiger partial charge is 0.392 e. The molecule has 0 aromatic carbocycles. The molecule has 1 N–H and O–H groups in total. The first-order valence-electron chi connectivity index (χ1n) is 6.05. The van der Waals surface area contributed by atoms with Gasteiger partial charge in [-0.25, -0.2) is 0 Å². The maximum absolute atomic E-state index is 9.68. The van der Waals surface area contributed by atoms with Crippen LogP contribution in [0.15, 0.2) is 4.52 Å². The van der Waals surface area contributed by atoms with E-state index in [9.17, 15) is 5.11 Å². The Balaban J connectivity index is 2.57. The van der Waals surface area contributed by atoms with E-state index in [4.69, 9.17) is 4.52 Å². The van der Waals surface area contributed by atoms with Crippen molar-refractivity contribution < 1.29 is 9.63 Å². The highest BCUT2D eigenvalue weighted by Gasteiger charge is 2.20. The van der Waals surface area contributed by atoms with Crippen molar-refractivity contribution in [2.75, 3.05) is 0 Å². The van der Waals surface area contributed by atoms with Gasteiger partial charge in [0, 0.05) is 6.42 Å². The summed E-state index contributed by atoms with van der Waals surface area (Å²) in [5.74, 6) is 1.86. The summed E-state index contributed by atoms with van der Waals surface area (Å²) in [6, 6.07) is 0. The third kappa shape index (κ3) is 3.59. The first-order valence-corrected chi connectivity index (χ1v) is 6.05. The van der Waals surface area contributed by atoms with Gasteiger partial charge in [-0.1, -0.05) is 32.9 Å². The van der Waals surface area contributed by atoms with Gasteiger partial charge in [0.25, 0.3) is 0 Å². The Bertz CT molecular complexity index is 310. The van der Waals surface area contributed by atoms with Crippen molar-refractivity contribution in [3.63, 3.8) is 0 Å². The molecular formula is C12H22N2O2. The van der Waals surface area contributed by atoms with Gasteiger partial charge in [-0.05, 0) is 18.8 Å². The lowest BCUT2D eigenvalue weighted by atomic mass is 10.0. The molecule has 0 radical (unpaired) electrons. The zero-order valence-corrected chi connectivity index (χ0v) is 10.6. The van der Waals surface area contributed by atoms with Gasteiger partial charge in [0.05, 0.1) is 12.0 Å². The highest BCUT2D eigenvalue weighted by atomic mass is 16.5. The van der Waals surface area contributed by atoms with Crippen molar-refractivity contribution in [3.05, 3.63) is 11.7 Å². The van der Waals surface area contributed by atoms with E-state index in [0.29, 0.717) is 18.2 Å². The van der Waals surface area contributed by atoms with Crippen LogP contribution in [0.4, 0.5) is 0 Å². The molecule has 0 amide bonds. The minimum atomic E-state index is -0.404. The highest BCUT2D eigenvalue weighted by Crippen LogP contribution is 2.19. The van der Waals surface area contributed by atoms with Gasteiger partial charge in [-0.15, -0.1) is 0 Å². The van der Waals surface area contributed by atoms with Gasteiger partial charge < -0.3 is 9.63 Å². The molecular weight excluding hydrogens is 204 g/mol. The van der Waals surface area contributed by atoms with E-state index in [0.717, 1.165) is 18.7 Å². The number of aromatic nitrogens is 2. The number of hydrogen-bond acceptors (Lipinski definition) is 4. The van der Waals surface area contributed by atoms with Gasteiger partial charge in [0.2, 0.25) is 5.89 Å². The first kappa shape index (κ1) is 13.2. The molecule has 0 aliphatic rings. The van der Waals surface area contributed by atoms with Crippen LogP contribution in [0, 0.1) is 5.92 Å².